The number of alkyl carbamates (subject to hydrolysis) is 1. The van der Waals surface area contributed by atoms with Crippen molar-refractivity contribution in [1.29, 1.82) is 0 Å². The van der Waals surface area contributed by atoms with Crippen molar-refractivity contribution in [3.05, 3.63) is 39.4 Å². The first-order chi connectivity index (χ1) is 13.5. The van der Waals surface area contributed by atoms with Crippen molar-refractivity contribution in [3.8, 4) is 0 Å². The molecule has 0 saturated carbocycles. The summed E-state index contributed by atoms with van der Waals surface area (Å²) in [5.74, 6) is 0.0441. The van der Waals surface area contributed by atoms with Gasteiger partial charge in [-0.1, -0.05) is 18.5 Å². The molecule has 29 heavy (non-hydrogen) atoms. The van der Waals surface area contributed by atoms with Gasteiger partial charge < -0.3 is 19.9 Å². The molecule has 2 rings (SSSR count). The Labute approximate surface area is 174 Å². The second kappa shape index (κ2) is 9.26. The molecule has 1 atom stereocenters. The van der Waals surface area contributed by atoms with Gasteiger partial charge in [0, 0.05) is 11.6 Å². The summed E-state index contributed by atoms with van der Waals surface area (Å²) in [6.45, 7) is 9.30. The van der Waals surface area contributed by atoms with Gasteiger partial charge in [-0.3, -0.25) is 9.59 Å². The summed E-state index contributed by atoms with van der Waals surface area (Å²) in [6, 6.07) is 4.04. The average molecular weight is 423 g/mol. The molecule has 1 aromatic carbocycles. The van der Waals surface area contributed by atoms with Crippen LogP contribution in [-0.4, -0.2) is 45.1 Å². The SMILES string of the molecule is CCCN(Cc1nc2cc(Cl)ccc2c(=O)[nH]1)C(=O)C(C)NC(=O)OC(C)(C)C. The van der Waals surface area contributed by atoms with E-state index in [1.54, 1.807) is 45.9 Å². The number of carbonyl (C=O) groups excluding carboxylic acids is 2. The van der Waals surface area contributed by atoms with Crippen LogP contribution in [0.2, 0.25) is 5.02 Å². The normalized spacial score (nSPS) is 12.5. The molecule has 0 aliphatic heterocycles. The molecule has 0 fully saturated rings. The van der Waals surface area contributed by atoms with Gasteiger partial charge in [0.2, 0.25) is 5.91 Å². The summed E-state index contributed by atoms with van der Waals surface area (Å²) in [7, 11) is 0. The quantitative estimate of drug-likeness (QED) is 0.743. The topological polar surface area (TPSA) is 104 Å². The summed E-state index contributed by atoms with van der Waals surface area (Å²) in [5, 5.41) is 3.44. The van der Waals surface area contributed by atoms with Gasteiger partial charge in [-0.2, -0.15) is 0 Å². The van der Waals surface area contributed by atoms with Crippen molar-refractivity contribution in [2.24, 2.45) is 0 Å². The van der Waals surface area contributed by atoms with Gasteiger partial charge in [0.05, 0.1) is 17.4 Å². The first kappa shape index (κ1) is 22.7. The lowest BCUT2D eigenvalue weighted by atomic mass is 10.2. The number of carbonyl (C=O) groups is 2. The largest absolute Gasteiger partial charge is 0.444 e. The first-order valence-corrected chi connectivity index (χ1v) is 9.84. The maximum atomic E-state index is 12.9. The monoisotopic (exact) mass is 422 g/mol. The molecular weight excluding hydrogens is 396 g/mol. The molecule has 1 unspecified atom stereocenters. The van der Waals surface area contributed by atoms with Crippen LogP contribution < -0.4 is 10.9 Å². The third-order valence-corrected chi connectivity index (χ3v) is 4.20. The molecule has 0 bridgehead atoms. The highest BCUT2D eigenvalue weighted by molar-refractivity contribution is 6.31. The van der Waals surface area contributed by atoms with Crippen LogP contribution in [0.4, 0.5) is 4.79 Å². The Morgan fingerprint density at radius 3 is 2.66 bits per heavy atom. The summed E-state index contributed by atoms with van der Waals surface area (Å²) in [5.41, 5.74) is -0.503. The molecule has 2 amide bonds. The van der Waals surface area contributed by atoms with Crippen molar-refractivity contribution in [2.45, 2.75) is 59.2 Å². The molecule has 158 valence electrons. The van der Waals surface area contributed by atoms with Crippen LogP contribution in [0.1, 0.15) is 46.9 Å². The van der Waals surface area contributed by atoms with E-state index >= 15 is 0 Å². The molecule has 0 spiro atoms. The highest BCUT2D eigenvalue weighted by Gasteiger charge is 2.25. The van der Waals surface area contributed by atoms with Crippen LogP contribution in [0.25, 0.3) is 10.9 Å². The summed E-state index contributed by atoms with van der Waals surface area (Å²) in [6.07, 6.45) is 0.0378. The molecular formula is C20H27ClN4O4. The van der Waals surface area contributed by atoms with Crippen LogP contribution in [0.5, 0.6) is 0 Å². The average Bonchev–Trinajstić information content (AvgIpc) is 2.58. The van der Waals surface area contributed by atoms with Gasteiger partial charge in [0.1, 0.15) is 17.5 Å². The molecule has 0 aliphatic carbocycles. The fourth-order valence-electron chi connectivity index (χ4n) is 2.77. The summed E-state index contributed by atoms with van der Waals surface area (Å²) < 4.78 is 5.20. The zero-order valence-corrected chi connectivity index (χ0v) is 18.1. The maximum Gasteiger partial charge on any atom is 0.408 e. The number of hydrogen-bond acceptors (Lipinski definition) is 5. The van der Waals surface area contributed by atoms with Crippen molar-refractivity contribution < 1.29 is 14.3 Å². The molecule has 1 aromatic heterocycles. The Kier molecular flexibility index (Phi) is 7.24. The number of nitrogens with one attached hydrogen (secondary N) is 2. The minimum atomic E-state index is -0.793. The minimum absolute atomic E-state index is 0.102. The molecule has 8 nitrogen and oxygen atoms in total. The minimum Gasteiger partial charge on any atom is -0.444 e. The molecule has 0 radical (unpaired) electrons. The van der Waals surface area contributed by atoms with Crippen LogP contribution in [0, 0.1) is 0 Å². The predicted molar refractivity (Wildman–Crippen MR) is 112 cm³/mol. The standard InChI is InChI=1S/C20H27ClN4O4/c1-6-9-25(18(27)12(2)22-19(28)29-20(3,4)5)11-16-23-15-10-13(21)7-8-14(15)17(26)24-16/h7-8,10,12H,6,9,11H2,1-5H3,(H,22,28)(H,23,24,26). The Bertz CT molecular complexity index is 952. The van der Waals surface area contributed by atoms with E-state index < -0.39 is 17.7 Å². The number of aromatic amines is 1. The summed E-state index contributed by atoms with van der Waals surface area (Å²) in [4.78, 5) is 45.8. The number of aromatic nitrogens is 2. The van der Waals surface area contributed by atoms with Crippen LogP contribution in [0.3, 0.4) is 0 Å². The molecule has 9 heteroatoms. The van der Waals surface area contributed by atoms with E-state index in [1.807, 2.05) is 6.92 Å². The second-order valence-corrected chi connectivity index (χ2v) is 8.24. The first-order valence-electron chi connectivity index (χ1n) is 9.47. The van der Waals surface area contributed by atoms with Gasteiger partial charge >= 0.3 is 6.09 Å². The van der Waals surface area contributed by atoms with Crippen LogP contribution >= 0.6 is 11.6 Å². The smallest absolute Gasteiger partial charge is 0.408 e. The van der Waals surface area contributed by atoms with E-state index in [0.29, 0.717) is 34.7 Å². The predicted octanol–water partition coefficient (Wildman–Crippen LogP) is 3.23. The lowest BCUT2D eigenvalue weighted by Gasteiger charge is -2.26. The zero-order chi connectivity index (χ0) is 21.8. The third kappa shape index (κ3) is 6.45. The fourth-order valence-corrected chi connectivity index (χ4v) is 2.94. The van der Waals surface area contributed by atoms with Crippen LogP contribution in [0.15, 0.2) is 23.0 Å². The number of ether oxygens (including phenoxy) is 1. The van der Waals surface area contributed by atoms with Crippen molar-refractivity contribution in [1.82, 2.24) is 20.2 Å². The summed E-state index contributed by atoms with van der Waals surface area (Å²) >= 11 is 6.00. The molecule has 2 N–H and O–H groups in total. The number of fused-ring (bicyclic) bond motifs is 1. The van der Waals surface area contributed by atoms with Gasteiger partial charge in [0.25, 0.3) is 5.56 Å². The van der Waals surface area contributed by atoms with Crippen molar-refractivity contribution >= 4 is 34.5 Å². The molecule has 1 heterocycles. The molecule has 2 aromatic rings. The van der Waals surface area contributed by atoms with E-state index in [1.165, 1.54) is 4.90 Å². The number of amides is 2. The van der Waals surface area contributed by atoms with Gasteiger partial charge in [0.15, 0.2) is 0 Å². The van der Waals surface area contributed by atoms with Gasteiger partial charge in [-0.05, 0) is 52.3 Å². The van der Waals surface area contributed by atoms with Crippen molar-refractivity contribution in [3.63, 3.8) is 0 Å². The number of nitrogens with zero attached hydrogens (tertiary/aromatic N) is 2. The van der Waals surface area contributed by atoms with Gasteiger partial charge in [-0.15, -0.1) is 0 Å². The van der Waals surface area contributed by atoms with Crippen molar-refractivity contribution in [2.75, 3.05) is 6.54 Å². The van der Waals surface area contributed by atoms with E-state index in [4.69, 9.17) is 16.3 Å². The number of benzene rings is 1. The highest BCUT2D eigenvalue weighted by Crippen LogP contribution is 2.15. The number of rotatable bonds is 6. The lowest BCUT2D eigenvalue weighted by molar-refractivity contribution is -0.133. The zero-order valence-electron chi connectivity index (χ0n) is 17.3. The van der Waals surface area contributed by atoms with E-state index in [9.17, 15) is 14.4 Å². The Morgan fingerprint density at radius 1 is 1.34 bits per heavy atom. The number of H-pyrrole nitrogens is 1. The second-order valence-electron chi connectivity index (χ2n) is 7.80. The number of halogens is 1. The lowest BCUT2D eigenvalue weighted by Crippen LogP contribution is -2.48. The molecule has 0 aliphatic rings. The third-order valence-electron chi connectivity index (χ3n) is 3.97. The Hall–Kier alpha value is -2.61. The van der Waals surface area contributed by atoms with E-state index in [-0.39, 0.29) is 18.0 Å². The van der Waals surface area contributed by atoms with Gasteiger partial charge in [-0.25, -0.2) is 9.78 Å². The Morgan fingerprint density at radius 2 is 2.03 bits per heavy atom. The number of hydrogen-bond donors (Lipinski definition) is 2. The maximum absolute atomic E-state index is 12.9. The molecule has 0 saturated heterocycles. The van der Waals surface area contributed by atoms with E-state index in [0.717, 1.165) is 0 Å². The fraction of sp³-hybridized carbons (Fsp3) is 0.500. The van der Waals surface area contributed by atoms with Crippen LogP contribution in [-0.2, 0) is 16.1 Å². The highest BCUT2D eigenvalue weighted by atomic mass is 35.5. The Balaban J connectivity index is 2.18. The van der Waals surface area contributed by atoms with E-state index in [2.05, 4.69) is 15.3 Å².